The third-order valence-electron chi connectivity index (χ3n) is 5.10. The molecule has 0 unspecified atom stereocenters. The molecule has 0 bridgehead atoms. The second kappa shape index (κ2) is 8.76. The molecule has 9 nitrogen and oxygen atoms in total. The third kappa shape index (κ3) is 4.74. The van der Waals surface area contributed by atoms with E-state index >= 15 is 0 Å². The molecular formula is C20H25N5O4. The SMILES string of the molecule is C=CCNC(=O)Nc1ccc(NC(=O)CCN2C(=O)NC3(CCCC3)C2=O)cc1. The van der Waals surface area contributed by atoms with Gasteiger partial charge in [0, 0.05) is 30.9 Å². The molecule has 1 aliphatic heterocycles. The fraction of sp³-hybridized carbons (Fsp3) is 0.400. The van der Waals surface area contributed by atoms with E-state index in [0.717, 1.165) is 17.7 Å². The molecule has 9 heteroatoms. The zero-order chi connectivity index (χ0) is 20.9. The van der Waals surface area contributed by atoms with Crippen molar-refractivity contribution in [1.82, 2.24) is 15.5 Å². The third-order valence-corrected chi connectivity index (χ3v) is 5.10. The van der Waals surface area contributed by atoms with Crippen LogP contribution in [0.4, 0.5) is 21.0 Å². The van der Waals surface area contributed by atoms with E-state index in [1.165, 1.54) is 0 Å². The Morgan fingerprint density at radius 1 is 1.10 bits per heavy atom. The smallest absolute Gasteiger partial charge is 0.325 e. The Bertz CT molecular complexity index is 815. The van der Waals surface area contributed by atoms with E-state index in [9.17, 15) is 19.2 Å². The van der Waals surface area contributed by atoms with Gasteiger partial charge in [-0.25, -0.2) is 9.59 Å². The molecule has 29 heavy (non-hydrogen) atoms. The van der Waals surface area contributed by atoms with E-state index < -0.39 is 11.6 Å². The number of carbonyl (C=O) groups is 4. The molecule has 6 amide bonds. The van der Waals surface area contributed by atoms with Crippen molar-refractivity contribution in [2.45, 2.75) is 37.6 Å². The van der Waals surface area contributed by atoms with Crippen molar-refractivity contribution in [1.29, 1.82) is 0 Å². The first-order chi connectivity index (χ1) is 13.9. The average Bonchev–Trinajstić information content (AvgIpc) is 3.25. The summed E-state index contributed by atoms with van der Waals surface area (Å²) in [5, 5.41) is 10.8. The molecule has 0 atom stereocenters. The standard InChI is InChI=1S/C20H25N5O4/c1-2-12-21-18(28)23-15-7-5-14(6-8-15)22-16(26)9-13-25-17(27)20(24-19(25)29)10-3-4-11-20/h2,5-8H,1,3-4,9-13H2,(H,22,26)(H,24,29)(H2,21,23,28). The second-order valence-electron chi connectivity index (χ2n) is 7.18. The number of hydrogen-bond donors (Lipinski definition) is 4. The highest BCUT2D eigenvalue weighted by Crippen LogP contribution is 2.35. The topological polar surface area (TPSA) is 120 Å². The van der Waals surface area contributed by atoms with Gasteiger partial charge < -0.3 is 21.3 Å². The summed E-state index contributed by atoms with van der Waals surface area (Å²) in [6.45, 7) is 3.92. The van der Waals surface area contributed by atoms with Crippen LogP contribution in [0.3, 0.4) is 0 Å². The van der Waals surface area contributed by atoms with Crippen LogP contribution in [0.1, 0.15) is 32.1 Å². The first kappa shape index (κ1) is 20.4. The zero-order valence-corrected chi connectivity index (χ0v) is 16.1. The van der Waals surface area contributed by atoms with E-state index in [1.807, 2.05) is 0 Å². The lowest BCUT2D eigenvalue weighted by atomic mass is 9.98. The Kier molecular flexibility index (Phi) is 6.16. The van der Waals surface area contributed by atoms with Gasteiger partial charge in [0.2, 0.25) is 5.91 Å². The highest BCUT2D eigenvalue weighted by molar-refractivity contribution is 6.07. The summed E-state index contributed by atoms with van der Waals surface area (Å²) >= 11 is 0. The van der Waals surface area contributed by atoms with Crippen molar-refractivity contribution >= 4 is 35.3 Å². The number of carbonyl (C=O) groups excluding carboxylic acids is 4. The number of benzene rings is 1. The lowest BCUT2D eigenvalue weighted by molar-refractivity contribution is -0.131. The van der Waals surface area contributed by atoms with Crippen LogP contribution in [-0.2, 0) is 9.59 Å². The van der Waals surface area contributed by atoms with Crippen molar-refractivity contribution in [2.75, 3.05) is 23.7 Å². The van der Waals surface area contributed by atoms with Crippen LogP contribution in [0.25, 0.3) is 0 Å². The summed E-state index contributed by atoms with van der Waals surface area (Å²) in [5.41, 5.74) is 0.372. The van der Waals surface area contributed by atoms with E-state index in [0.29, 0.717) is 30.8 Å². The predicted octanol–water partition coefficient (Wildman–Crippen LogP) is 2.19. The molecule has 1 aromatic rings. The quantitative estimate of drug-likeness (QED) is 0.415. The molecule has 4 N–H and O–H groups in total. The maximum atomic E-state index is 12.6. The minimum atomic E-state index is -0.756. The van der Waals surface area contributed by atoms with E-state index in [-0.39, 0.29) is 30.8 Å². The number of nitrogens with zero attached hydrogens (tertiary/aromatic N) is 1. The van der Waals surface area contributed by atoms with Gasteiger partial charge in [-0.05, 0) is 37.1 Å². The number of imide groups is 1. The van der Waals surface area contributed by atoms with Gasteiger partial charge in [0.25, 0.3) is 5.91 Å². The number of amides is 6. The lowest BCUT2D eigenvalue weighted by Crippen LogP contribution is -2.44. The number of urea groups is 2. The number of anilines is 2. The van der Waals surface area contributed by atoms with Crippen molar-refractivity contribution in [3.05, 3.63) is 36.9 Å². The van der Waals surface area contributed by atoms with Crippen LogP contribution in [0.2, 0.25) is 0 Å². The Labute approximate surface area is 168 Å². The van der Waals surface area contributed by atoms with Gasteiger partial charge in [-0.15, -0.1) is 6.58 Å². The van der Waals surface area contributed by atoms with Gasteiger partial charge in [-0.2, -0.15) is 0 Å². The van der Waals surface area contributed by atoms with Crippen LogP contribution in [0, 0.1) is 0 Å². The van der Waals surface area contributed by atoms with Gasteiger partial charge in [-0.1, -0.05) is 18.9 Å². The predicted molar refractivity (Wildman–Crippen MR) is 108 cm³/mol. The molecular weight excluding hydrogens is 374 g/mol. The molecule has 1 saturated carbocycles. The van der Waals surface area contributed by atoms with Gasteiger partial charge in [0.1, 0.15) is 5.54 Å². The molecule has 2 aliphatic rings. The fourth-order valence-electron chi connectivity index (χ4n) is 3.61. The van der Waals surface area contributed by atoms with Gasteiger partial charge in [0.05, 0.1) is 0 Å². The normalized spacial score (nSPS) is 17.2. The van der Waals surface area contributed by atoms with Crippen LogP contribution < -0.4 is 21.3 Å². The highest BCUT2D eigenvalue weighted by Gasteiger charge is 2.52. The fourth-order valence-corrected chi connectivity index (χ4v) is 3.61. The van der Waals surface area contributed by atoms with Gasteiger partial charge in [-0.3, -0.25) is 14.5 Å². The molecule has 154 valence electrons. The van der Waals surface area contributed by atoms with E-state index in [1.54, 1.807) is 30.3 Å². The summed E-state index contributed by atoms with van der Waals surface area (Å²) in [4.78, 5) is 49.6. The average molecular weight is 399 g/mol. The van der Waals surface area contributed by atoms with Crippen molar-refractivity contribution < 1.29 is 19.2 Å². The largest absolute Gasteiger partial charge is 0.334 e. The molecule has 0 aromatic heterocycles. The van der Waals surface area contributed by atoms with E-state index in [4.69, 9.17) is 0 Å². The molecule has 0 radical (unpaired) electrons. The molecule has 1 aliphatic carbocycles. The maximum absolute atomic E-state index is 12.6. The molecule has 1 spiro atoms. The molecule has 2 fully saturated rings. The first-order valence-electron chi connectivity index (χ1n) is 9.63. The Morgan fingerprint density at radius 2 is 1.72 bits per heavy atom. The van der Waals surface area contributed by atoms with Crippen LogP contribution >= 0.6 is 0 Å². The Balaban J connectivity index is 1.47. The van der Waals surface area contributed by atoms with Crippen LogP contribution in [0.15, 0.2) is 36.9 Å². The maximum Gasteiger partial charge on any atom is 0.325 e. The number of rotatable bonds is 7. The summed E-state index contributed by atoms with van der Waals surface area (Å²) in [7, 11) is 0. The van der Waals surface area contributed by atoms with Crippen molar-refractivity contribution in [3.63, 3.8) is 0 Å². The molecule has 1 heterocycles. The molecule has 1 saturated heterocycles. The van der Waals surface area contributed by atoms with Crippen LogP contribution in [0.5, 0.6) is 0 Å². The highest BCUT2D eigenvalue weighted by atomic mass is 16.2. The Morgan fingerprint density at radius 3 is 2.34 bits per heavy atom. The van der Waals surface area contributed by atoms with Crippen molar-refractivity contribution in [3.8, 4) is 0 Å². The summed E-state index contributed by atoms with van der Waals surface area (Å²) < 4.78 is 0. The summed E-state index contributed by atoms with van der Waals surface area (Å²) in [6, 6.07) is 5.85. The number of hydrogen-bond acceptors (Lipinski definition) is 4. The minimum absolute atomic E-state index is 0.0131. The summed E-state index contributed by atoms with van der Waals surface area (Å²) in [5.74, 6) is -0.527. The van der Waals surface area contributed by atoms with Crippen LogP contribution in [-0.4, -0.2) is 47.4 Å². The Hall–Kier alpha value is -3.36. The van der Waals surface area contributed by atoms with Crippen molar-refractivity contribution in [2.24, 2.45) is 0 Å². The van der Waals surface area contributed by atoms with Gasteiger partial charge in [0.15, 0.2) is 0 Å². The summed E-state index contributed by atoms with van der Waals surface area (Å²) in [6.07, 6.45) is 4.74. The second-order valence-corrected chi connectivity index (χ2v) is 7.18. The monoisotopic (exact) mass is 399 g/mol. The first-order valence-corrected chi connectivity index (χ1v) is 9.63. The minimum Gasteiger partial charge on any atom is -0.334 e. The zero-order valence-electron chi connectivity index (χ0n) is 16.1. The molecule has 3 rings (SSSR count). The van der Waals surface area contributed by atoms with Gasteiger partial charge >= 0.3 is 12.1 Å². The molecule has 1 aromatic carbocycles. The lowest BCUT2D eigenvalue weighted by Gasteiger charge is -2.19. The number of nitrogens with one attached hydrogen (secondary N) is 4. The van der Waals surface area contributed by atoms with E-state index in [2.05, 4.69) is 27.8 Å².